The topological polar surface area (TPSA) is 89.3 Å². The Morgan fingerprint density at radius 2 is 0.758 bits per heavy atom. The zero-order valence-electron chi connectivity index (χ0n) is 35.7. The summed E-state index contributed by atoms with van der Waals surface area (Å²) in [6.45, 7) is 8.55. The quantitative estimate of drug-likeness (QED) is 0.102. The molecular weight excluding hydrogens is 877 g/mol. The molecule has 7 aromatic carbocycles. The van der Waals surface area contributed by atoms with E-state index in [1.54, 1.807) is 56.6 Å². The van der Waals surface area contributed by atoms with Crippen LogP contribution < -0.4 is 15.2 Å². The van der Waals surface area contributed by atoms with E-state index in [9.17, 15) is 10.5 Å². The zero-order chi connectivity index (χ0) is 45.3. The fourth-order valence-electron chi connectivity index (χ4n) is 8.31. The molecular formula is C54H36N6O3S3. The summed E-state index contributed by atoms with van der Waals surface area (Å²) in [4.78, 5) is 27.6. The minimum atomic E-state index is 0.204. The number of benzene rings is 7. The molecule has 0 radical (unpaired) electrons. The van der Waals surface area contributed by atoms with E-state index in [1.165, 1.54) is 0 Å². The van der Waals surface area contributed by atoms with Gasteiger partial charge in [-0.25, -0.2) is 20.0 Å². The molecule has 12 heteroatoms. The van der Waals surface area contributed by atoms with Gasteiger partial charge in [-0.2, -0.15) is 10.5 Å². The van der Waals surface area contributed by atoms with E-state index in [1.807, 2.05) is 143 Å². The van der Waals surface area contributed by atoms with Gasteiger partial charge in [0.2, 0.25) is 5.69 Å². The van der Waals surface area contributed by atoms with Crippen LogP contribution >= 0.6 is 35.3 Å². The molecule has 0 saturated heterocycles. The van der Waals surface area contributed by atoms with Crippen LogP contribution in [-0.4, -0.2) is 21.3 Å². The molecule has 7 aromatic rings. The first kappa shape index (κ1) is 42.5. The Balaban J connectivity index is 1.08. The molecule has 0 bridgehead atoms. The third kappa shape index (κ3) is 7.60. The standard InChI is InChI=1S/C54H36N6O3S3/c1-57-54-38(24-18-35-21-27-46-52(30-35)65-49-15-9-6-12-43(49)59(46)62-3)40(32-55)37(23-17-34-20-26-45-51(29-34)64-48-14-8-5-11-42(48)58(45)61-2)41(33-56)39(54)25-19-36-22-28-47-53(31-36)66-50-16-10-7-13-44(50)60(47)63-4/h5-31H,2-4H3/b23-17+,24-18+,25-19+. The van der Waals surface area contributed by atoms with Crippen LogP contribution in [0.15, 0.2) is 157 Å². The first-order chi connectivity index (χ1) is 32.4. The van der Waals surface area contributed by atoms with Crippen LogP contribution in [0.1, 0.15) is 44.5 Å². The van der Waals surface area contributed by atoms with Gasteiger partial charge in [-0.05, 0) is 101 Å². The van der Waals surface area contributed by atoms with Crippen molar-refractivity contribution in [3.63, 3.8) is 0 Å². The predicted molar refractivity (Wildman–Crippen MR) is 267 cm³/mol. The third-order valence-corrected chi connectivity index (χ3v) is 14.7. The molecule has 0 saturated carbocycles. The molecule has 66 heavy (non-hydrogen) atoms. The van der Waals surface area contributed by atoms with Gasteiger partial charge in [0.05, 0.1) is 85.3 Å². The molecule has 3 aliphatic rings. The molecule has 0 aromatic heterocycles. The fraction of sp³-hybridized carbons (Fsp3) is 0.0556. The Morgan fingerprint density at radius 1 is 0.439 bits per heavy atom. The van der Waals surface area contributed by atoms with Crippen LogP contribution in [0.25, 0.3) is 41.3 Å². The van der Waals surface area contributed by atoms with E-state index in [-0.39, 0.29) is 16.8 Å². The van der Waals surface area contributed by atoms with Gasteiger partial charge < -0.3 is 0 Å². The minimum absolute atomic E-state index is 0.204. The van der Waals surface area contributed by atoms with Gasteiger partial charge in [0, 0.05) is 34.9 Å². The van der Waals surface area contributed by atoms with E-state index in [4.69, 9.17) is 21.1 Å². The van der Waals surface area contributed by atoms with Crippen molar-refractivity contribution < 1.29 is 14.5 Å². The van der Waals surface area contributed by atoms with Gasteiger partial charge in [0.1, 0.15) is 0 Å². The van der Waals surface area contributed by atoms with Gasteiger partial charge in [-0.1, -0.05) is 126 Å². The Labute approximate surface area is 395 Å². The lowest BCUT2D eigenvalue weighted by Crippen LogP contribution is -2.18. The van der Waals surface area contributed by atoms with E-state index in [2.05, 4.69) is 53.4 Å². The van der Waals surface area contributed by atoms with Crippen LogP contribution in [0, 0.1) is 29.2 Å². The van der Waals surface area contributed by atoms with Gasteiger partial charge in [-0.15, -0.1) is 0 Å². The molecule has 0 aliphatic carbocycles. The molecule has 10 rings (SSSR count). The molecule has 0 fully saturated rings. The number of fused-ring (bicyclic) bond motifs is 6. The first-order valence-electron chi connectivity index (χ1n) is 20.7. The molecule has 3 aliphatic heterocycles. The van der Waals surface area contributed by atoms with Crippen molar-refractivity contribution in [3.8, 4) is 12.1 Å². The average Bonchev–Trinajstić information content (AvgIpc) is 3.36. The van der Waals surface area contributed by atoms with Gasteiger partial charge >= 0.3 is 0 Å². The Hall–Kier alpha value is -7.44. The highest BCUT2D eigenvalue weighted by Gasteiger charge is 2.27. The average molecular weight is 913 g/mol. The molecule has 0 N–H and O–H groups in total. The van der Waals surface area contributed by atoms with E-state index in [0.29, 0.717) is 16.7 Å². The van der Waals surface area contributed by atoms with Gasteiger partial charge in [-0.3, -0.25) is 14.5 Å². The largest absolute Gasteiger partial charge is 0.272 e. The highest BCUT2D eigenvalue weighted by molar-refractivity contribution is 8.00. The summed E-state index contributed by atoms with van der Waals surface area (Å²) < 4.78 is 0. The van der Waals surface area contributed by atoms with Crippen molar-refractivity contribution in [2.45, 2.75) is 29.4 Å². The van der Waals surface area contributed by atoms with Crippen molar-refractivity contribution >= 4 is 112 Å². The van der Waals surface area contributed by atoms with Crippen molar-refractivity contribution in [2.24, 2.45) is 0 Å². The van der Waals surface area contributed by atoms with Crippen LogP contribution in [0.4, 0.5) is 39.8 Å². The summed E-state index contributed by atoms with van der Waals surface area (Å²) >= 11 is 4.95. The number of nitriles is 2. The van der Waals surface area contributed by atoms with E-state index < -0.39 is 0 Å². The monoisotopic (exact) mass is 912 g/mol. The smallest absolute Gasteiger partial charge is 0.204 e. The van der Waals surface area contributed by atoms with Crippen LogP contribution in [0.2, 0.25) is 0 Å². The predicted octanol–water partition coefficient (Wildman–Crippen LogP) is 15.0. The lowest BCUT2D eigenvalue weighted by molar-refractivity contribution is 0.198. The molecule has 0 unspecified atom stereocenters. The molecule has 318 valence electrons. The number of hydrogen-bond acceptors (Lipinski definition) is 11. The third-order valence-electron chi connectivity index (χ3n) is 11.3. The molecule has 0 spiro atoms. The maximum atomic E-state index is 11.0. The number of para-hydroxylation sites is 3. The van der Waals surface area contributed by atoms with Crippen molar-refractivity contribution in [3.05, 3.63) is 183 Å². The summed E-state index contributed by atoms with van der Waals surface area (Å²) in [5.74, 6) is 0. The summed E-state index contributed by atoms with van der Waals surface area (Å²) in [7, 11) is 4.96. The van der Waals surface area contributed by atoms with Crippen molar-refractivity contribution in [2.75, 3.05) is 36.5 Å². The van der Waals surface area contributed by atoms with Gasteiger partial charge in [0.15, 0.2) is 0 Å². The lowest BCUT2D eigenvalue weighted by Gasteiger charge is -2.30. The van der Waals surface area contributed by atoms with E-state index >= 15 is 0 Å². The highest BCUT2D eigenvalue weighted by Crippen LogP contribution is 2.51. The Morgan fingerprint density at radius 3 is 1.08 bits per heavy atom. The van der Waals surface area contributed by atoms with Gasteiger partial charge in [0.25, 0.3) is 0 Å². The second-order valence-electron chi connectivity index (χ2n) is 15.0. The maximum Gasteiger partial charge on any atom is 0.204 e. The number of nitrogens with zero attached hydrogens (tertiary/aromatic N) is 6. The number of rotatable bonds is 9. The summed E-state index contributed by atoms with van der Waals surface area (Å²) in [5.41, 5.74) is 10.1. The normalized spacial score (nSPS) is 13.4. The second kappa shape index (κ2) is 18.2. The Kier molecular flexibility index (Phi) is 11.7. The van der Waals surface area contributed by atoms with Crippen LogP contribution in [0.5, 0.6) is 0 Å². The SMILES string of the molecule is [C-]#[N+]c1c(/C=C/c2ccc3c(c2)Sc2ccccc2N3OC)c(C#N)c(/C=C/c2ccc3c(c2)Sc2ccccc2N3OC)c(C#N)c1/C=C/c1ccc2c(c1)Sc1ccccc1N2OC. The minimum Gasteiger partial charge on any atom is -0.272 e. The number of hydrogen-bond donors (Lipinski definition) is 0. The Bertz CT molecular complexity index is 2970. The molecule has 3 heterocycles. The van der Waals surface area contributed by atoms with Crippen molar-refractivity contribution in [1.29, 1.82) is 10.5 Å². The molecule has 0 atom stereocenters. The van der Waals surface area contributed by atoms with Crippen LogP contribution in [-0.2, 0) is 14.5 Å². The van der Waals surface area contributed by atoms with E-state index in [0.717, 1.165) is 80.2 Å². The maximum absolute atomic E-state index is 11.0. The first-order valence-corrected chi connectivity index (χ1v) is 23.1. The summed E-state index contributed by atoms with van der Waals surface area (Å²) in [6.07, 6.45) is 11.2. The fourth-order valence-corrected chi connectivity index (χ4v) is 11.6. The molecule has 9 nitrogen and oxygen atoms in total. The zero-order valence-corrected chi connectivity index (χ0v) is 38.2. The highest BCUT2D eigenvalue weighted by atomic mass is 32.2. The number of anilines is 6. The summed E-state index contributed by atoms with van der Waals surface area (Å²) in [5, 5.41) is 27.4. The summed E-state index contributed by atoms with van der Waals surface area (Å²) in [6, 6.07) is 47.2. The molecule has 0 amide bonds. The second-order valence-corrected chi connectivity index (χ2v) is 18.2. The lowest BCUT2D eigenvalue weighted by atomic mass is 9.88. The van der Waals surface area contributed by atoms with Crippen LogP contribution in [0.3, 0.4) is 0 Å². The van der Waals surface area contributed by atoms with Crippen molar-refractivity contribution in [1.82, 2.24) is 0 Å².